The molecule has 0 aliphatic heterocycles. The second kappa shape index (κ2) is 11.6. The van der Waals surface area contributed by atoms with E-state index in [4.69, 9.17) is 4.52 Å². The summed E-state index contributed by atoms with van der Waals surface area (Å²) in [7, 11) is 0. The van der Waals surface area contributed by atoms with Gasteiger partial charge in [-0.3, -0.25) is 4.57 Å². The van der Waals surface area contributed by atoms with Crippen molar-refractivity contribution in [3.63, 3.8) is 0 Å². The SMILES string of the molecule is CCCCCCCSP(=O)(OCC(C)C)Sc1ccccc1. The van der Waals surface area contributed by atoms with Gasteiger partial charge in [0.15, 0.2) is 0 Å². The van der Waals surface area contributed by atoms with Crippen molar-refractivity contribution in [2.45, 2.75) is 57.8 Å². The third kappa shape index (κ3) is 9.29. The normalized spacial score (nSPS) is 14.2. The van der Waals surface area contributed by atoms with E-state index in [1.165, 1.54) is 48.4 Å². The third-order valence-corrected chi connectivity index (χ3v) is 10.0. The first-order valence-corrected chi connectivity index (χ1v) is 12.8. The fraction of sp³-hybridized carbons (Fsp3) is 0.647. The number of benzene rings is 1. The zero-order valence-corrected chi connectivity index (χ0v) is 16.5. The summed E-state index contributed by atoms with van der Waals surface area (Å²) in [5, 5.41) is 0. The molecule has 1 unspecified atom stereocenters. The summed E-state index contributed by atoms with van der Waals surface area (Å²) in [6.07, 6.45) is 6.17. The Morgan fingerprint density at radius 3 is 2.41 bits per heavy atom. The molecule has 0 aliphatic carbocycles. The zero-order chi connectivity index (χ0) is 16.3. The monoisotopic (exact) mass is 360 g/mol. The number of unbranched alkanes of at least 4 members (excludes halogenated alkanes) is 4. The predicted octanol–water partition coefficient (Wildman–Crippen LogP) is 7.26. The molecule has 22 heavy (non-hydrogen) atoms. The van der Waals surface area contributed by atoms with E-state index in [0.29, 0.717) is 12.5 Å². The first-order chi connectivity index (χ1) is 10.6. The van der Waals surface area contributed by atoms with Crippen molar-refractivity contribution in [1.29, 1.82) is 0 Å². The predicted molar refractivity (Wildman–Crippen MR) is 102 cm³/mol. The van der Waals surface area contributed by atoms with Gasteiger partial charge >= 0.3 is 5.77 Å². The van der Waals surface area contributed by atoms with Crippen molar-refractivity contribution in [3.8, 4) is 0 Å². The Bertz CT molecular complexity index is 438. The maximum Gasteiger partial charge on any atom is 0.317 e. The molecular weight excluding hydrogens is 331 g/mol. The van der Waals surface area contributed by atoms with Gasteiger partial charge in [-0.15, -0.1) is 0 Å². The summed E-state index contributed by atoms with van der Waals surface area (Å²) in [6, 6.07) is 9.93. The molecule has 0 bridgehead atoms. The molecule has 1 rings (SSSR count). The van der Waals surface area contributed by atoms with E-state index in [2.05, 4.69) is 20.8 Å². The molecule has 2 nitrogen and oxygen atoms in total. The van der Waals surface area contributed by atoms with Gasteiger partial charge in [0.1, 0.15) is 0 Å². The van der Waals surface area contributed by atoms with Crippen molar-refractivity contribution in [2.24, 2.45) is 5.92 Å². The fourth-order valence-electron chi connectivity index (χ4n) is 1.82. The van der Waals surface area contributed by atoms with E-state index < -0.39 is 5.77 Å². The van der Waals surface area contributed by atoms with Crippen LogP contribution in [0, 0.1) is 5.92 Å². The van der Waals surface area contributed by atoms with Gasteiger partial charge in [0.2, 0.25) is 0 Å². The molecule has 0 heterocycles. The highest BCUT2D eigenvalue weighted by molar-refractivity contribution is 8.89. The maximum absolute atomic E-state index is 13.1. The molecule has 0 spiro atoms. The lowest BCUT2D eigenvalue weighted by Crippen LogP contribution is -1.98. The minimum Gasteiger partial charge on any atom is -0.313 e. The third-order valence-electron chi connectivity index (χ3n) is 3.02. The van der Waals surface area contributed by atoms with E-state index in [1.807, 2.05) is 30.3 Å². The second-order valence-corrected chi connectivity index (χ2v) is 13.2. The first kappa shape index (κ1) is 20.2. The van der Waals surface area contributed by atoms with Gasteiger partial charge in [-0.25, -0.2) is 0 Å². The van der Waals surface area contributed by atoms with Gasteiger partial charge < -0.3 is 4.52 Å². The summed E-state index contributed by atoms with van der Waals surface area (Å²) < 4.78 is 18.9. The Morgan fingerprint density at radius 1 is 1.09 bits per heavy atom. The van der Waals surface area contributed by atoms with Crippen LogP contribution in [-0.4, -0.2) is 12.4 Å². The first-order valence-electron chi connectivity index (χ1n) is 8.19. The Hall–Kier alpha value is 0.110. The molecule has 0 radical (unpaired) electrons. The largest absolute Gasteiger partial charge is 0.317 e. The Labute approximate surface area is 144 Å². The Balaban J connectivity index is 2.49. The maximum atomic E-state index is 13.1. The van der Waals surface area contributed by atoms with Crippen LogP contribution in [-0.2, 0) is 9.09 Å². The summed E-state index contributed by atoms with van der Waals surface area (Å²) in [4.78, 5) is 1.02. The summed E-state index contributed by atoms with van der Waals surface area (Å²) in [6.45, 7) is 6.96. The molecule has 1 aromatic carbocycles. The topological polar surface area (TPSA) is 26.3 Å². The van der Waals surface area contributed by atoms with Crippen LogP contribution in [0.3, 0.4) is 0 Å². The van der Waals surface area contributed by atoms with Gasteiger partial charge in [-0.1, -0.05) is 76.0 Å². The minimum absolute atomic E-state index is 0.398. The van der Waals surface area contributed by atoms with E-state index in [0.717, 1.165) is 17.1 Å². The number of hydrogen-bond acceptors (Lipinski definition) is 4. The van der Waals surface area contributed by atoms with Gasteiger partial charge in [-0.2, -0.15) is 0 Å². The highest BCUT2D eigenvalue weighted by Crippen LogP contribution is 2.72. The molecule has 1 aromatic rings. The lowest BCUT2D eigenvalue weighted by molar-refractivity contribution is 0.288. The van der Waals surface area contributed by atoms with Crippen LogP contribution in [0.4, 0.5) is 0 Å². The zero-order valence-electron chi connectivity index (χ0n) is 14.0. The molecule has 0 saturated carbocycles. The van der Waals surface area contributed by atoms with E-state index >= 15 is 0 Å². The molecule has 0 aromatic heterocycles. The van der Waals surface area contributed by atoms with Crippen molar-refractivity contribution in [2.75, 3.05) is 12.4 Å². The van der Waals surface area contributed by atoms with Crippen LogP contribution >= 0.6 is 28.5 Å². The van der Waals surface area contributed by atoms with Gasteiger partial charge in [0.05, 0.1) is 6.61 Å². The molecule has 0 aliphatic rings. The number of hydrogen-bond donors (Lipinski definition) is 0. The smallest absolute Gasteiger partial charge is 0.313 e. The average Bonchev–Trinajstić information content (AvgIpc) is 2.50. The summed E-state index contributed by atoms with van der Waals surface area (Å²) >= 11 is 2.91. The van der Waals surface area contributed by atoms with Gasteiger partial charge in [0, 0.05) is 10.6 Å². The van der Waals surface area contributed by atoms with Crippen molar-refractivity contribution >= 4 is 28.5 Å². The highest BCUT2D eigenvalue weighted by atomic mass is 33.1. The van der Waals surface area contributed by atoms with Crippen molar-refractivity contribution in [1.82, 2.24) is 0 Å². The fourth-order valence-corrected chi connectivity index (χ4v) is 8.60. The molecule has 0 fully saturated rings. The molecule has 126 valence electrons. The van der Waals surface area contributed by atoms with Gasteiger partial charge in [-0.05, 0) is 35.9 Å². The van der Waals surface area contributed by atoms with Crippen LogP contribution < -0.4 is 0 Å². The highest BCUT2D eigenvalue weighted by Gasteiger charge is 2.26. The lowest BCUT2D eigenvalue weighted by Gasteiger charge is -2.18. The summed E-state index contributed by atoms with van der Waals surface area (Å²) in [5.74, 6) is -1.40. The van der Waals surface area contributed by atoms with Crippen LogP contribution in [0.1, 0.15) is 52.9 Å². The molecule has 5 heteroatoms. The van der Waals surface area contributed by atoms with Crippen LogP contribution in [0.15, 0.2) is 35.2 Å². The van der Waals surface area contributed by atoms with E-state index in [9.17, 15) is 4.57 Å². The van der Waals surface area contributed by atoms with Crippen molar-refractivity contribution < 1.29 is 9.09 Å². The second-order valence-electron chi connectivity index (χ2n) is 5.79. The van der Waals surface area contributed by atoms with E-state index in [-0.39, 0.29) is 0 Å². The molecule has 0 saturated heterocycles. The Kier molecular flexibility index (Phi) is 10.6. The van der Waals surface area contributed by atoms with Crippen molar-refractivity contribution in [3.05, 3.63) is 30.3 Å². The number of rotatable bonds is 12. The molecule has 0 N–H and O–H groups in total. The van der Waals surface area contributed by atoms with Crippen LogP contribution in [0.25, 0.3) is 0 Å². The average molecular weight is 361 g/mol. The molecular formula is C17H29O2PS2. The van der Waals surface area contributed by atoms with Crippen LogP contribution in [0.2, 0.25) is 0 Å². The minimum atomic E-state index is -2.72. The molecule has 1 atom stereocenters. The quantitative estimate of drug-likeness (QED) is 0.289. The van der Waals surface area contributed by atoms with Crippen LogP contribution in [0.5, 0.6) is 0 Å². The van der Waals surface area contributed by atoms with Gasteiger partial charge in [0.25, 0.3) is 0 Å². The molecule has 0 amide bonds. The summed E-state index contributed by atoms with van der Waals surface area (Å²) in [5.41, 5.74) is 0. The Morgan fingerprint density at radius 2 is 1.77 bits per heavy atom. The standard InChI is InChI=1S/C17H29O2PS2/c1-4-5-6-7-11-14-21-20(18,19-15-16(2)3)22-17-12-9-8-10-13-17/h8-10,12-13,16H,4-7,11,14-15H2,1-3H3. The van der Waals surface area contributed by atoms with E-state index in [1.54, 1.807) is 0 Å². The lowest BCUT2D eigenvalue weighted by atomic mass is 10.2.